The molecular weight excluding hydrogens is 250 g/mol. The number of nitrogens with two attached hydrogens (primary N) is 1. The van der Waals surface area contributed by atoms with Crippen molar-refractivity contribution in [3.8, 4) is 0 Å². The van der Waals surface area contributed by atoms with Crippen LogP contribution in [0, 0.1) is 5.92 Å². The number of nitrogen functional groups attached to an aromatic ring is 1. The highest BCUT2D eigenvalue weighted by Gasteiger charge is 2.24. The molecular formula is C16H25N3O. The molecule has 1 fully saturated rings. The van der Waals surface area contributed by atoms with Gasteiger partial charge in [-0.3, -0.25) is 9.69 Å². The number of likely N-dealkylation sites (tertiary alicyclic amines) is 1. The van der Waals surface area contributed by atoms with E-state index >= 15 is 0 Å². The second-order valence-corrected chi connectivity index (χ2v) is 5.89. The number of hydrogen-bond donors (Lipinski definition) is 2. The minimum Gasteiger partial charge on any atom is -0.399 e. The third-order valence-electron chi connectivity index (χ3n) is 4.02. The first kappa shape index (κ1) is 14.9. The Kier molecular flexibility index (Phi) is 5.01. The molecule has 1 heterocycles. The average molecular weight is 275 g/mol. The number of carbonyl (C=O) groups is 1. The molecule has 0 spiro atoms. The van der Waals surface area contributed by atoms with E-state index in [4.69, 9.17) is 5.73 Å². The van der Waals surface area contributed by atoms with E-state index in [0.717, 1.165) is 13.1 Å². The van der Waals surface area contributed by atoms with Gasteiger partial charge in [-0.05, 0) is 56.1 Å². The lowest BCUT2D eigenvalue weighted by molar-refractivity contribution is 0.0927. The normalized spacial score (nSPS) is 17.4. The topological polar surface area (TPSA) is 58.4 Å². The number of rotatable bonds is 5. The second-order valence-electron chi connectivity index (χ2n) is 5.89. The molecule has 1 aromatic rings. The van der Waals surface area contributed by atoms with E-state index in [9.17, 15) is 4.79 Å². The fraction of sp³-hybridized carbons (Fsp3) is 0.562. The van der Waals surface area contributed by atoms with E-state index in [0.29, 0.717) is 29.8 Å². The lowest BCUT2D eigenvalue weighted by atomic mass is 10.0. The summed E-state index contributed by atoms with van der Waals surface area (Å²) in [4.78, 5) is 14.6. The van der Waals surface area contributed by atoms with Crippen LogP contribution in [0.1, 0.15) is 37.0 Å². The molecule has 1 aliphatic heterocycles. The summed E-state index contributed by atoms with van der Waals surface area (Å²) in [5, 5.41) is 3.06. The molecule has 0 saturated carbocycles. The molecule has 0 bridgehead atoms. The van der Waals surface area contributed by atoms with Crippen molar-refractivity contribution in [1.29, 1.82) is 0 Å². The van der Waals surface area contributed by atoms with Crippen molar-refractivity contribution in [2.75, 3.05) is 25.4 Å². The van der Waals surface area contributed by atoms with Gasteiger partial charge in [0.2, 0.25) is 0 Å². The summed E-state index contributed by atoms with van der Waals surface area (Å²) in [6, 6.07) is 7.48. The second kappa shape index (κ2) is 6.75. The van der Waals surface area contributed by atoms with Crippen LogP contribution in [-0.2, 0) is 0 Å². The predicted octanol–water partition coefficient (Wildman–Crippen LogP) is 2.12. The van der Waals surface area contributed by atoms with Crippen molar-refractivity contribution < 1.29 is 4.79 Å². The quantitative estimate of drug-likeness (QED) is 0.809. The van der Waals surface area contributed by atoms with Crippen LogP contribution in [0.5, 0.6) is 0 Å². The van der Waals surface area contributed by atoms with Crippen LogP contribution in [-0.4, -0.2) is 36.5 Å². The van der Waals surface area contributed by atoms with Gasteiger partial charge >= 0.3 is 0 Å². The van der Waals surface area contributed by atoms with Gasteiger partial charge in [0.15, 0.2) is 0 Å². The highest BCUT2D eigenvalue weighted by atomic mass is 16.1. The van der Waals surface area contributed by atoms with Crippen LogP contribution in [0.15, 0.2) is 24.3 Å². The molecule has 1 amide bonds. The van der Waals surface area contributed by atoms with Gasteiger partial charge in [0.25, 0.3) is 5.91 Å². The van der Waals surface area contributed by atoms with Crippen molar-refractivity contribution in [3.05, 3.63) is 29.8 Å². The molecule has 1 aromatic carbocycles. The molecule has 3 N–H and O–H groups in total. The number of benzene rings is 1. The zero-order chi connectivity index (χ0) is 14.5. The number of amides is 1. The Morgan fingerprint density at radius 1 is 1.25 bits per heavy atom. The van der Waals surface area contributed by atoms with Crippen LogP contribution >= 0.6 is 0 Å². The third kappa shape index (κ3) is 3.73. The maximum atomic E-state index is 12.1. The lowest BCUT2D eigenvalue weighted by Gasteiger charge is -2.31. The van der Waals surface area contributed by atoms with Gasteiger partial charge in [-0.15, -0.1) is 0 Å². The molecule has 20 heavy (non-hydrogen) atoms. The number of anilines is 1. The minimum absolute atomic E-state index is 0.0187. The third-order valence-corrected chi connectivity index (χ3v) is 4.02. The lowest BCUT2D eigenvalue weighted by Crippen LogP contribution is -2.45. The first-order chi connectivity index (χ1) is 9.58. The Balaban J connectivity index is 1.91. The van der Waals surface area contributed by atoms with Crippen LogP contribution in [0.25, 0.3) is 0 Å². The molecule has 2 rings (SSSR count). The number of carbonyl (C=O) groups excluding carboxylic acids is 1. The smallest absolute Gasteiger partial charge is 0.251 e. The van der Waals surface area contributed by atoms with Gasteiger partial charge in [0.1, 0.15) is 0 Å². The van der Waals surface area contributed by atoms with Crippen LogP contribution in [0.4, 0.5) is 5.69 Å². The molecule has 1 saturated heterocycles. The largest absolute Gasteiger partial charge is 0.399 e. The number of hydrogen-bond acceptors (Lipinski definition) is 3. The number of nitrogens with zero attached hydrogens (tertiary/aromatic N) is 1. The highest BCUT2D eigenvalue weighted by Crippen LogP contribution is 2.17. The fourth-order valence-corrected chi connectivity index (χ4v) is 2.79. The Hall–Kier alpha value is -1.55. The van der Waals surface area contributed by atoms with E-state index in [2.05, 4.69) is 24.1 Å². The van der Waals surface area contributed by atoms with Crippen molar-refractivity contribution in [1.82, 2.24) is 10.2 Å². The zero-order valence-corrected chi connectivity index (χ0v) is 12.4. The van der Waals surface area contributed by atoms with Crippen LogP contribution < -0.4 is 11.1 Å². The molecule has 0 radical (unpaired) electrons. The Labute approximate surface area is 121 Å². The Bertz CT molecular complexity index is 436. The standard InChI is InChI=1S/C16H25N3O/c1-12(2)15(19-9-3-4-10-19)11-18-16(20)13-5-7-14(17)8-6-13/h5-8,12,15H,3-4,9-11,17H2,1-2H3,(H,18,20). The van der Waals surface area contributed by atoms with E-state index in [1.165, 1.54) is 12.8 Å². The Morgan fingerprint density at radius 3 is 2.40 bits per heavy atom. The van der Waals surface area contributed by atoms with E-state index in [-0.39, 0.29) is 5.91 Å². The van der Waals surface area contributed by atoms with Gasteiger partial charge in [-0.1, -0.05) is 13.8 Å². The fourth-order valence-electron chi connectivity index (χ4n) is 2.79. The van der Waals surface area contributed by atoms with Gasteiger partial charge < -0.3 is 11.1 Å². The van der Waals surface area contributed by atoms with Gasteiger partial charge in [-0.25, -0.2) is 0 Å². The molecule has 110 valence electrons. The van der Waals surface area contributed by atoms with Crippen molar-refractivity contribution in [2.45, 2.75) is 32.7 Å². The summed E-state index contributed by atoms with van der Waals surface area (Å²) in [7, 11) is 0. The van der Waals surface area contributed by atoms with Gasteiger partial charge in [0, 0.05) is 23.8 Å². The first-order valence-electron chi connectivity index (χ1n) is 7.45. The summed E-state index contributed by atoms with van der Waals surface area (Å²) < 4.78 is 0. The summed E-state index contributed by atoms with van der Waals surface area (Å²) in [5.74, 6) is 0.523. The van der Waals surface area contributed by atoms with Gasteiger partial charge in [0.05, 0.1) is 0 Å². The summed E-state index contributed by atoms with van der Waals surface area (Å²) in [6.07, 6.45) is 2.55. The Morgan fingerprint density at radius 2 is 1.85 bits per heavy atom. The van der Waals surface area contributed by atoms with Crippen molar-refractivity contribution in [2.24, 2.45) is 5.92 Å². The van der Waals surface area contributed by atoms with Crippen molar-refractivity contribution in [3.63, 3.8) is 0 Å². The molecule has 0 aliphatic carbocycles. The van der Waals surface area contributed by atoms with E-state index in [1.807, 2.05) is 0 Å². The molecule has 4 heteroatoms. The van der Waals surface area contributed by atoms with Gasteiger partial charge in [-0.2, -0.15) is 0 Å². The summed E-state index contributed by atoms with van der Waals surface area (Å²) in [5.41, 5.74) is 6.98. The van der Waals surface area contributed by atoms with Crippen LogP contribution in [0.2, 0.25) is 0 Å². The maximum absolute atomic E-state index is 12.1. The van der Waals surface area contributed by atoms with E-state index in [1.54, 1.807) is 24.3 Å². The zero-order valence-electron chi connectivity index (χ0n) is 12.4. The monoisotopic (exact) mass is 275 g/mol. The SMILES string of the molecule is CC(C)C(CNC(=O)c1ccc(N)cc1)N1CCCC1. The molecule has 1 unspecified atom stereocenters. The molecule has 1 aliphatic rings. The summed E-state index contributed by atoms with van der Waals surface area (Å²) >= 11 is 0. The number of nitrogens with one attached hydrogen (secondary N) is 1. The highest BCUT2D eigenvalue weighted by molar-refractivity contribution is 5.94. The van der Waals surface area contributed by atoms with E-state index < -0.39 is 0 Å². The van der Waals surface area contributed by atoms with Crippen molar-refractivity contribution >= 4 is 11.6 Å². The first-order valence-corrected chi connectivity index (χ1v) is 7.45. The maximum Gasteiger partial charge on any atom is 0.251 e. The molecule has 1 atom stereocenters. The predicted molar refractivity (Wildman–Crippen MR) is 82.6 cm³/mol. The molecule has 0 aromatic heterocycles. The average Bonchev–Trinajstić information content (AvgIpc) is 2.93. The summed E-state index contributed by atoms with van der Waals surface area (Å²) in [6.45, 7) is 7.46. The molecule has 4 nitrogen and oxygen atoms in total. The minimum atomic E-state index is -0.0187. The van der Waals surface area contributed by atoms with Crippen LogP contribution in [0.3, 0.4) is 0 Å².